The van der Waals surface area contributed by atoms with Gasteiger partial charge in [0, 0.05) is 104 Å². The number of nitrogens with zero attached hydrogens (tertiary/aromatic N) is 2. The number of amides is 12. The van der Waals surface area contributed by atoms with E-state index in [9.17, 15) is 68.1 Å². The number of phenolic OH excluding ortho intramolecular Hbond substituents is 1. The number of H-pyrrole nitrogens is 1. The second kappa shape index (κ2) is 43.0. The fourth-order valence-electron chi connectivity index (χ4n) is 12.9. The zero-order valence-electron chi connectivity index (χ0n) is 59.5. The fourth-order valence-corrected chi connectivity index (χ4v) is 15.5. The number of aliphatic carboxylic acids is 2. The number of carbonyl (C=O) groups is 14. The van der Waals surface area contributed by atoms with E-state index in [0.29, 0.717) is 66.1 Å². The smallest absolute Gasteiger partial charge is 0.303 e. The Balaban J connectivity index is 1.28. The molecule has 0 bridgehead atoms. The molecule has 1 aliphatic heterocycles. The van der Waals surface area contributed by atoms with Gasteiger partial charge in [-0.25, -0.2) is 0 Å². The Morgan fingerprint density at radius 3 is 1.84 bits per heavy atom. The van der Waals surface area contributed by atoms with Crippen LogP contribution >= 0.6 is 33.2 Å². The van der Waals surface area contributed by atoms with E-state index in [1.807, 2.05) is 0 Å². The number of primary amides is 1. The highest BCUT2D eigenvalue weighted by atomic mass is 35.5. The van der Waals surface area contributed by atoms with Gasteiger partial charge in [-0.3, -0.25) is 72.1 Å². The number of hydrogen-bond donors (Lipinski definition) is 18. The van der Waals surface area contributed by atoms with Gasteiger partial charge < -0.3 is 101 Å². The number of carboxylic acid groups (broad SMARTS) is 2. The lowest BCUT2D eigenvalue weighted by Crippen LogP contribution is -2.61. The first-order valence-electron chi connectivity index (χ1n) is 35.7. The number of fused-ring (bicyclic) bond motifs is 1. The van der Waals surface area contributed by atoms with Gasteiger partial charge in [0.15, 0.2) is 5.96 Å². The SMILES string of the molecule is NCCC(=O)N(CC(=O)N[C@@H](Cc1ccc(O)cc1)C(=O)N[C@H]1CSSC[C@@H](C(N)=O)NC(=O)[C@H](CCC(=O)O)NC(=O)[C@H](Cc2c[nH]c3ccccc23)NC(=O)[C@H](CCC(=O)O)NC(=O)CCNC(=O)[C@H](CCCN=C(N)N)NC(=O)[C@H](Cc2ccccc2Cl)NC(=O)[C@H](C2CCCC2)NC1=O)C1CCCC1. The van der Waals surface area contributed by atoms with Crippen LogP contribution in [0.2, 0.25) is 5.02 Å². The average molecular weight is 1560 g/mol. The number of guanidine groups is 1. The van der Waals surface area contributed by atoms with Crippen LogP contribution in [0.4, 0.5) is 0 Å². The molecule has 2 heterocycles. The molecule has 7 rings (SSSR count). The number of nitrogens with one attached hydrogen (secondary N) is 11. The second-order valence-corrected chi connectivity index (χ2v) is 29.7. The fraction of sp³-hybridized carbons (Fsp3) is 0.507. The lowest BCUT2D eigenvalue weighted by Gasteiger charge is -2.30. The van der Waals surface area contributed by atoms with Crippen LogP contribution in [0.5, 0.6) is 5.75 Å². The number of aromatic nitrogens is 1. The summed E-state index contributed by atoms with van der Waals surface area (Å²) in [6.07, 6.45) is 2.44. The number of nitrogens with two attached hydrogens (primary N) is 4. The summed E-state index contributed by atoms with van der Waals surface area (Å²) in [4.78, 5) is 206. The van der Waals surface area contributed by atoms with Crippen LogP contribution in [-0.4, -0.2) is 212 Å². The van der Waals surface area contributed by atoms with Gasteiger partial charge in [0.05, 0.1) is 6.54 Å². The number of rotatable bonds is 26. The highest BCUT2D eigenvalue weighted by molar-refractivity contribution is 8.76. The Morgan fingerprint density at radius 2 is 1.20 bits per heavy atom. The molecule has 3 aliphatic rings. The van der Waals surface area contributed by atoms with Crippen molar-refractivity contribution < 1.29 is 82.4 Å². The van der Waals surface area contributed by atoms with Crippen LogP contribution in [0.3, 0.4) is 0 Å². The molecule has 9 atom stereocenters. The molecule has 0 radical (unpaired) electrons. The standard InChI is InChI=1S/C71H96ClN17O17S2/c72-46-16-7-3-12-41(46)33-52-67(103)82-48(18-9-30-78-71(75)76)63(99)77-31-28-56(91)80-49(23-25-59(94)95)64(100)84-53(34-42-35-79-47-17-8-6-15-45(42)47)68(104)83-50(24-26-60(96)97)65(101)86-54(62(74)98)37-107-108-38-55(69(105)88-61(70(106)85-52)40-10-1-2-11-40)87-66(102)51(32-39-19-21-44(90)22-20-39)81-57(92)36-89(58(93)27-29-73)43-13-4-5-14-43/h3,6-8,12,15-17,19-22,35,40,43,48-55,61,79,90H,1-2,4-5,9-11,13-14,18,23-34,36-38,73H2,(H2,74,98)(H,77,99)(H,80,91)(H,81,92)(H,82,103)(H,83,104)(H,84,100)(H,85,106)(H,86,101)(H,87,102)(H,88,105)(H,94,95)(H,96,97)(H4,75,76,78)/t48-,49-,50-,51-,52-,53-,54-,55-,61-/m0/s1. The largest absolute Gasteiger partial charge is 0.508 e. The molecule has 3 fully saturated rings. The lowest BCUT2D eigenvalue weighted by molar-refractivity contribution is -0.139. The second-order valence-electron chi connectivity index (χ2n) is 26.7. The van der Waals surface area contributed by atoms with E-state index < -0.39 is 194 Å². The number of aromatic amines is 1. The van der Waals surface area contributed by atoms with Gasteiger partial charge in [-0.1, -0.05) is 107 Å². The van der Waals surface area contributed by atoms with Gasteiger partial charge in [0.25, 0.3) is 0 Å². The van der Waals surface area contributed by atoms with Crippen LogP contribution in [0.25, 0.3) is 10.9 Å². The van der Waals surface area contributed by atoms with Crippen molar-refractivity contribution >= 4 is 133 Å². The summed E-state index contributed by atoms with van der Waals surface area (Å²) >= 11 is 6.69. The first kappa shape index (κ1) is 85.1. The molecule has 108 heavy (non-hydrogen) atoms. The van der Waals surface area contributed by atoms with E-state index in [0.717, 1.165) is 34.4 Å². The number of carboxylic acids is 2. The minimum Gasteiger partial charge on any atom is -0.508 e. The Morgan fingerprint density at radius 1 is 0.630 bits per heavy atom. The molecule has 12 amide bonds. The summed E-state index contributed by atoms with van der Waals surface area (Å²) in [6.45, 7) is -0.912. The number of carbonyl (C=O) groups excluding carboxylic acids is 12. The van der Waals surface area contributed by atoms with E-state index >= 15 is 14.4 Å². The predicted molar refractivity (Wildman–Crippen MR) is 401 cm³/mol. The van der Waals surface area contributed by atoms with E-state index in [1.165, 1.54) is 29.2 Å². The summed E-state index contributed by atoms with van der Waals surface area (Å²) in [5, 5.41) is 57.0. The molecule has 22 N–H and O–H groups in total. The zero-order chi connectivity index (χ0) is 78.4. The molecule has 2 aliphatic carbocycles. The minimum atomic E-state index is -1.76. The van der Waals surface area contributed by atoms with Gasteiger partial charge >= 0.3 is 11.9 Å². The maximum atomic E-state index is 15.3. The molecule has 2 saturated carbocycles. The van der Waals surface area contributed by atoms with Crippen LogP contribution in [0.15, 0.2) is 84.0 Å². The topological polar surface area (TPSA) is 555 Å². The van der Waals surface area contributed by atoms with Crippen LogP contribution in [0, 0.1) is 5.92 Å². The Hall–Kier alpha value is -10.2. The number of phenols is 1. The zero-order valence-corrected chi connectivity index (χ0v) is 61.9. The molecule has 1 saturated heterocycles. The molecule has 0 unspecified atom stereocenters. The summed E-state index contributed by atoms with van der Waals surface area (Å²) in [7, 11) is 1.73. The van der Waals surface area contributed by atoms with Crippen molar-refractivity contribution in [3.05, 3.63) is 101 Å². The third-order valence-corrected chi connectivity index (χ3v) is 21.4. The van der Waals surface area contributed by atoms with E-state index in [2.05, 4.69) is 63.1 Å². The number of para-hydroxylation sites is 1. The molecule has 1 aromatic heterocycles. The maximum absolute atomic E-state index is 15.3. The van der Waals surface area contributed by atoms with Crippen molar-refractivity contribution in [3.8, 4) is 5.75 Å². The quantitative estimate of drug-likeness (QED) is 0.0161. The van der Waals surface area contributed by atoms with Gasteiger partial charge in [-0.05, 0) is 98.2 Å². The molecular weight excluding hydrogens is 1460 g/mol. The normalized spacial score (nSPS) is 22.1. The van der Waals surface area contributed by atoms with Crippen molar-refractivity contribution in [1.82, 2.24) is 63.1 Å². The van der Waals surface area contributed by atoms with Crippen LogP contribution in [0.1, 0.15) is 119 Å². The van der Waals surface area contributed by atoms with Gasteiger partial charge in [-0.2, -0.15) is 0 Å². The summed E-state index contributed by atoms with van der Waals surface area (Å²) < 4.78 is 0. The Labute approximate surface area is 635 Å². The highest BCUT2D eigenvalue weighted by Gasteiger charge is 2.40. The van der Waals surface area contributed by atoms with E-state index in [1.54, 1.807) is 54.7 Å². The number of aromatic hydroxyl groups is 1. The van der Waals surface area contributed by atoms with E-state index in [4.69, 9.17) is 34.5 Å². The van der Waals surface area contributed by atoms with Crippen molar-refractivity contribution in [2.45, 2.75) is 182 Å². The van der Waals surface area contributed by atoms with Gasteiger partial charge in [-0.15, -0.1) is 0 Å². The average Bonchev–Trinajstić information content (AvgIpc) is 1.62. The molecule has 0 spiro atoms. The van der Waals surface area contributed by atoms with E-state index in [-0.39, 0.29) is 80.3 Å². The summed E-state index contributed by atoms with van der Waals surface area (Å²) in [6, 6.07) is 4.57. The molecule has 586 valence electrons. The molecule has 37 heteroatoms. The Kier molecular flexibility index (Phi) is 33.8. The predicted octanol–water partition coefficient (Wildman–Crippen LogP) is -0.602. The molecule has 34 nitrogen and oxygen atoms in total. The first-order chi connectivity index (χ1) is 51.7. The third-order valence-electron chi connectivity index (χ3n) is 18.6. The number of benzene rings is 3. The van der Waals surface area contributed by atoms with Crippen molar-refractivity contribution in [2.24, 2.45) is 33.8 Å². The van der Waals surface area contributed by atoms with Crippen LogP contribution < -0.4 is 76.1 Å². The number of aliphatic imine (C=N–C) groups is 1. The summed E-state index contributed by atoms with van der Waals surface area (Å²) in [5.74, 6) is -15.4. The van der Waals surface area contributed by atoms with Gasteiger partial charge in [0.2, 0.25) is 70.9 Å². The summed E-state index contributed by atoms with van der Waals surface area (Å²) in [5.41, 5.74) is 24.8. The van der Waals surface area contributed by atoms with Crippen molar-refractivity contribution in [3.63, 3.8) is 0 Å². The van der Waals surface area contributed by atoms with Crippen LogP contribution in [-0.2, 0) is 86.4 Å². The van der Waals surface area contributed by atoms with Crippen molar-refractivity contribution in [1.29, 1.82) is 0 Å². The molecular formula is C71H96ClN17O17S2. The first-order valence-corrected chi connectivity index (χ1v) is 38.6. The monoisotopic (exact) mass is 1560 g/mol. The van der Waals surface area contributed by atoms with Crippen molar-refractivity contribution in [2.75, 3.05) is 37.7 Å². The Bertz CT molecular complexity index is 3870. The minimum absolute atomic E-state index is 0.0111. The third kappa shape index (κ3) is 27.2. The number of hydrogen-bond acceptors (Lipinski definition) is 19. The van der Waals surface area contributed by atoms with Gasteiger partial charge in [0.1, 0.15) is 60.1 Å². The molecule has 3 aromatic carbocycles. The highest BCUT2D eigenvalue weighted by Crippen LogP contribution is 2.30. The maximum Gasteiger partial charge on any atom is 0.303 e. The molecule has 4 aromatic rings. The number of halogens is 1. The lowest BCUT2D eigenvalue weighted by atomic mass is 9.95.